The average Bonchev–Trinajstić information content (AvgIpc) is 2.35. The van der Waals surface area contributed by atoms with E-state index in [0.29, 0.717) is 6.79 Å². The molecule has 0 saturated heterocycles. The van der Waals surface area contributed by atoms with E-state index in [1.54, 1.807) is 0 Å². The van der Waals surface area contributed by atoms with Gasteiger partial charge in [0.05, 0.1) is 0 Å². The quantitative estimate of drug-likeness (QED) is 0.146. The van der Waals surface area contributed by atoms with Crippen LogP contribution in [0.5, 0.6) is 0 Å². The van der Waals surface area contributed by atoms with Gasteiger partial charge in [0.2, 0.25) is 0 Å². The van der Waals surface area contributed by atoms with Gasteiger partial charge in [0, 0.05) is 13.2 Å². The Labute approximate surface area is 153 Å². The second kappa shape index (κ2) is 24.4. The topological polar surface area (TPSA) is 18.5 Å². The Morgan fingerprint density at radius 1 is 0.789 bits per heavy atom. The fourth-order valence-corrected chi connectivity index (χ4v) is 1.73. The maximum atomic E-state index is 5.41. The van der Waals surface area contributed by atoms with Crippen LogP contribution in [0.25, 0.3) is 0 Å². The van der Waals surface area contributed by atoms with Crippen LogP contribution in [0.3, 0.4) is 0 Å². The van der Waals surface area contributed by atoms with Crippen LogP contribution in [0.15, 0.2) is 0 Å². The first-order chi connectivity index (χ1) is 8.41. The number of ether oxygens (including phenoxy) is 2. The fraction of sp³-hybridized carbons (Fsp3) is 0.933. The second-order valence-electron chi connectivity index (χ2n) is 4.61. The van der Waals surface area contributed by atoms with Crippen LogP contribution >= 0.6 is 0 Å². The van der Waals surface area contributed by atoms with Crippen LogP contribution in [0, 0.1) is 6.42 Å². The zero-order valence-electron chi connectivity index (χ0n) is 13.0. The molecule has 0 atom stereocenters. The molecule has 0 aliphatic heterocycles. The number of unbranched alkanes of at least 4 members (excludes halogenated alkanes) is 8. The smallest absolute Gasteiger partial charge is 1.00 e. The van der Waals surface area contributed by atoms with E-state index in [1.807, 2.05) is 0 Å². The molecular formula is C15H31IMgO2. The predicted octanol–water partition coefficient (Wildman–Crippen LogP) is 1.36. The third-order valence-electron chi connectivity index (χ3n) is 2.84. The van der Waals surface area contributed by atoms with Gasteiger partial charge in [-0.05, 0) is 6.42 Å². The summed E-state index contributed by atoms with van der Waals surface area (Å²) in [5.74, 6) is 0. The molecular weight excluding hydrogens is 363 g/mol. The molecule has 0 aliphatic carbocycles. The first-order valence-electron chi connectivity index (χ1n) is 7.35. The minimum absolute atomic E-state index is 0. The molecule has 0 N–H and O–H groups in total. The summed E-state index contributed by atoms with van der Waals surface area (Å²) in [4.78, 5) is 0. The molecule has 0 aromatic rings. The summed E-state index contributed by atoms with van der Waals surface area (Å²) in [6.07, 6.45) is 13.8. The van der Waals surface area contributed by atoms with E-state index in [9.17, 15) is 0 Å². The first kappa shape index (κ1) is 25.4. The molecule has 0 amide bonds. The normalized spacial score (nSPS) is 9.79. The van der Waals surface area contributed by atoms with Crippen LogP contribution < -0.4 is 24.0 Å². The van der Waals surface area contributed by atoms with Crippen LogP contribution in [0.2, 0.25) is 0 Å². The van der Waals surface area contributed by atoms with E-state index in [-0.39, 0.29) is 47.0 Å². The van der Waals surface area contributed by atoms with E-state index < -0.39 is 0 Å². The van der Waals surface area contributed by atoms with Crippen molar-refractivity contribution in [3.63, 3.8) is 0 Å². The molecule has 0 radical (unpaired) electrons. The molecule has 0 spiro atoms. The third-order valence-corrected chi connectivity index (χ3v) is 2.84. The molecule has 19 heavy (non-hydrogen) atoms. The SMILES string of the molecule is C[CH-]CCCOCOCCCCCCCCC.[I-].[Mg+2]. The maximum absolute atomic E-state index is 5.41. The molecule has 0 heterocycles. The van der Waals surface area contributed by atoms with Crippen LogP contribution in [-0.2, 0) is 9.47 Å². The van der Waals surface area contributed by atoms with Gasteiger partial charge in [-0.1, -0.05) is 51.9 Å². The van der Waals surface area contributed by atoms with Crippen LogP contribution in [-0.4, -0.2) is 43.1 Å². The van der Waals surface area contributed by atoms with Crippen molar-refractivity contribution >= 4 is 23.1 Å². The largest absolute Gasteiger partial charge is 2.00 e. The van der Waals surface area contributed by atoms with Crippen molar-refractivity contribution in [2.45, 2.75) is 71.6 Å². The summed E-state index contributed by atoms with van der Waals surface area (Å²) in [5.41, 5.74) is 0. The predicted molar refractivity (Wildman–Crippen MR) is 79.7 cm³/mol. The molecule has 0 aromatic carbocycles. The van der Waals surface area contributed by atoms with Crippen molar-refractivity contribution in [3.05, 3.63) is 6.42 Å². The Morgan fingerprint density at radius 2 is 1.32 bits per heavy atom. The molecule has 112 valence electrons. The van der Waals surface area contributed by atoms with Crippen molar-refractivity contribution < 1.29 is 33.5 Å². The molecule has 0 rings (SSSR count). The Hall–Kier alpha value is 1.42. The van der Waals surface area contributed by atoms with E-state index >= 15 is 0 Å². The van der Waals surface area contributed by atoms with Gasteiger partial charge in [0.25, 0.3) is 0 Å². The number of rotatable bonds is 14. The van der Waals surface area contributed by atoms with Gasteiger partial charge < -0.3 is 39.9 Å². The average molecular weight is 395 g/mol. The van der Waals surface area contributed by atoms with Gasteiger partial charge >= 0.3 is 23.1 Å². The Morgan fingerprint density at radius 3 is 1.89 bits per heavy atom. The third kappa shape index (κ3) is 24.8. The summed E-state index contributed by atoms with van der Waals surface area (Å²) < 4.78 is 10.8. The zero-order valence-corrected chi connectivity index (χ0v) is 16.5. The molecule has 0 unspecified atom stereocenters. The van der Waals surface area contributed by atoms with Gasteiger partial charge in [-0.2, -0.15) is 13.3 Å². The van der Waals surface area contributed by atoms with Gasteiger partial charge in [0.1, 0.15) is 6.79 Å². The molecule has 0 fully saturated rings. The molecule has 0 saturated carbocycles. The number of halogens is 1. The van der Waals surface area contributed by atoms with Crippen LogP contribution in [0.4, 0.5) is 0 Å². The maximum Gasteiger partial charge on any atom is 2.00 e. The van der Waals surface area contributed by atoms with Crippen molar-refractivity contribution in [1.29, 1.82) is 0 Å². The zero-order chi connectivity index (χ0) is 12.6. The van der Waals surface area contributed by atoms with Gasteiger partial charge in [0.15, 0.2) is 0 Å². The monoisotopic (exact) mass is 394 g/mol. The van der Waals surface area contributed by atoms with Crippen molar-refractivity contribution in [1.82, 2.24) is 0 Å². The molecule has 0 aromatic heterocycles. The molecule has 0 aliphatic rings. The van der Waals surface area contributed by atoms with E-state index in [0.717, 1.165) is 26.1 Å². The van der Waals surface area contributed by atoms with E-state index in [2.05, 4.69) is 20.3 Å². The minimum atomic E-state index is 0. The Balaban J connectivity index is -0.00000128. The Kier molecular flexibility index (Phi) is 32.6. The summed E-state index contributed by atoms with van der Waals surface area (Å²) in [6.45, 7) is 6.48. The number of hydrogen-bond donors (Lipinski definition) is 0. The molecule has 4 heteroatoms. The number of hydrogen-bond acceptors (Lipinski definition) is 2. The van der Waals surface area contributed by atoms with Crippen molar-refractivity contribution in [2.24, 2.45) is 0 Å². The summed E-state index contributed by atoms with van der Waals surface area (Å²) in [7, 11) is 0. The summed E-state index contributed by atoms with van der Waals surface area (Å²) in [6, 6.07) is 0. The van der Waals surface area contributed by atoms with E-state index in [1.165, 1.54) is 44.9 Å². The summed E-state index contributed by atoms with van der Waals surface area (Å²) in [5, 5.41) is 0. The van der Waals surface area contributed by atoms with Gasteiger partial charge in [-0.3, -0.25) is 0 Å². The summed E-state index contributed by atoms with van der Waals surface area (Å²) >= 11 is 0. The fourth-order valence-electron chi connectivity index (χ4n) is 1.73. The standard InChI is InChI=1S/C15H31O2.HI.Mg/c1-3-5-7-8-9-10-12-14-17-15-16-13-11-6-4-2;;/h4H,3,5-15H2,1-2H3;1H;/q-1;;+2/p-1. The van der Waals surface area contributed by atoms with Crippen molar-refractivity contribution in [2.75, 3.05) is 20.0 Å². The Bertz CT molecular complexity index is 123. The first-order valence-corrected chi connectivity index (χ1v) is 7.35. The molecule has 2 nitrogen and oxygen atoms in total. The van der Waals surface area contributed by atoms with Gasteiger partial charge in [-0.25, -0.2) is 0 Å². The van der Waals surface area contributed by atoms with Gasteiger partial charge in [-0.15, -0.1) is 0 Å². The molecule has 0 bridgehead atoms. The second-order valence-corrected chi connectivity index (χ2v) is 4.61. The van der Waals surface area contributed by atoms with Crippen LogP contribution in [0.1, 0.15) is 71.6 Å². The van der Waals surface area contributed by atoms with Crippen molar-refractivity contribution in [3.8, 4) is 0 Å². The van der Waals surface area contributed by atoms with E-state index in [4.69, 9.17) is 9.47 Å². The minimum Gasteiger partial charge on any atom is -1.00 e.